The van der Waals surface area contributed by atoms with Crippen LogP contribution in [0, 0.1) is 6.92 Å². The van der Waals surface area contributed by atoms with Crippen LogP contribution in [0.3, 0.4) is 0 Å². The third kappa shape index (κ3) is 4.01. The number of nitrogens with zero attached hydrogens (tertiary/aromatic N) is 3. The lowest BCUT2D eigenvalue weighted by Crippen LogP contribution is -2.16. The molecule has 0 radical (unpaired) electrons. The summed E-state index contributed by atoms with van der Waals surface area (Å²) in [5.41, 5.74) is 3.32. The smallest absolute Gasteiger partial charge is 0.183 e. The molecule has 19 heavy (non-hydrogen) atoms. The van der Waals surface area contributed by atoms with E-state index >= 15 is 0 Å². The van der Waals surface area contributed by atoms with Gasteiger partial charge < -0.3 is 10.2 Å². The van der Waals surface area contributed by atoms with Crippen molar-refractivity contribution in [3.8, 4) is 11.3 Å². The molecule has 2 aromatic heterocycles. The van der Waals surface area contributed by atoms with E-state index in [0.717, 1.165) is 35.9 Å². The second-order valence-electron chi connectivity index (χ2n) is 4.81. The molecule has 2 rings (SSSR count). The number of pyridine rings is 1. The molecule has 2 aromatic rings. The number of nitrogens with one attached hydrogen (secondary N) is 1. The van der Waals surface area contributed by atoms with Gasteiger partial charge in [0.15, 0.2) is 5.13 Å². The average Bonchev–Trinajstić information content (AvgIpc) is 2.83. The predicted molar refractivity (Wildman–Crippen MR) is 81.7 cm³/mol. The molecule has 0 saturated carbocycles. The Kier molecular flexibility index (Phi) is 4.87. The van der Waals surface area contributed by atoms with Crippen LogP contribution in [-0.4, -0.2) is 42.1 Å². The summed E-state index contributed by atoms with van der Waals surface area (Å²) >= 11 is 1.65. The van der Waals surface area contributed by atoms with Gasteiger partial charge in [0.2, 0.25) is 0 Å². The quantitative estimate of drug-likeness (QED) is 0.824. The summed E-state index contributed by atoms with van der Waals surface area (Å²) in [6.07, 6.45) is 4.81. The van der Waals surface area contributed by atoms with Crippen LogP contribution in [0.4, 0.5) is 5.13 Å². The lowest BCUT2D eigenvalue weighted by atomic mass is 10.1. The van der Waals surface area contributed by atoms with Crippen molar-refractivity contribution >= 4 is 16.5 Å². The third-order valence-corrected chi connectivity index (χ3v) is 3.68. The van der Waals surface area contributed by atoms with E-state index in [0.29, 0.717) is 0 Å². The highest BCUT2D eigenvalue weighted by molar-refractivity contribution is 7.14. The molecule has 0 fully saturated rings. The van der Waals surface area contributed by atoms with Gasteiger partial charge in [-0.1, -0.05) is 0 Å². The van der Waals surface area contributed by atoms with E-state index in [1.165, 1.54) is 5.56 Å². The molecule has 5 heteroatoms. The summed E-state index contributed by atoms with van der Waals surface area (Å²) in [4.78, 5) is 11.0. The Morgan fingerprint density at radius 1 is 1.37 bits per heavy atom. The first-order valence-electron chi connectivity index (χ1n) is 6.42. The SMILES string of the molecule is Cc1ccncc1-c1csc(NCCCN(C)C)n1. The van der Waals surface area contributed by atoms with Crippen LogP contribution < -0.4 is 5.32 Å². The maximum atomic E-state index is 4.61. The zero-order valence-corrected chi connectivity index (χ0v) is 12.5. The van der Waals surface area contributed by atoms with Crippen LogP contribution in [0.15, 0.2) is 23.8 Å². The minimum Gasteiger partial charge on any atom is -0.361 e. The standard InChI is InChI=1S/C14H20N4S/c1-11-5-7-15-9-12(11)13-10-19-14(17-13)16-6-4-8-18(2)3/h5,7,9-10H,4,6,8H2,1-3H3,(H,16,17). The molecule has 1 N–H and O–H groups in total. The van der Waals surface area contributed by atoms with Gasteiger partial charge in [-0.15, -0.1) is 11.3 Å². The zero-order valence-electron chi connectivity index (χ0n) is 11.7. The first-order chi connectivity index (χ1) is 9.16. The molecule has 0 bridgehead atoms. The molecule has 0 spiro atoms. The van der Waals surface area contributed by atoms with Crippen molar-refractivity contribution in [3.63, 3.8) is 0 Å². The lowest BCUT2D eigenvalue weighted by Gasteiger charge is -2.08. The van der Waals surface area contributed by atoms with Crippen LogP contribution in [0.2, 0.25) is 0 Å². The molecule has 102 valence electrons. The highest BCUT2D eigenvalue weighted by atomic mass is 32.1. The molecule has 0 amide bonds. The van der Waals surface area contributed by atoms with Crippen molar-refractivity contribution in [2.45, 2.75) is 13.3 Å². The molecule has 0 saturated heterocycles. The molecule has 0 unspecified atom stereocenters. The van der Waals surface area contributed by atoms with Gasteiger partial charge >= 0.3 is 0 Å². The largest absolute Gasteiger partial charge is 0.361 e. The van der Waals surface area contributed by atoms with Crippen LogP contribution in [-0.2, 0) is 0 Å². The van der Waals surface area contributed by atoms with E-state index in [2.05, 4.69) is 46.6 Å². The van der Waals surface area contributed by atoms with E-state index in [-0.39, 0.29) is 0 Å². The molecular weight excluding hydrogens is 256 g/mol. The summed E-state index contributed by atoms with van der Waals surface area (Å²) < 4.78 is 0. The number of anilines is 1. The molecule has 0 aliphatic heterocycles. The second kappa shape index (κ2) is 6.63. The number of rotatable bonds is 6. The van der Waals surface area contributed by atoms with Gasteiger partial charge in [0.25, 0.3) is 0 Å². The van der Waals surface area contributed by atoms with Crippen molar-refractivity contribution in [3.05, 3.63) is 29.4 Å². The lowest BCUT2D eigenvalue weighted by molar-refractivity contribution is 0.405. The van der Waals surface area contributed by atoms with Gasteiger partial charge in [-0.2, -0.15) is 0 Å². The van der Waals surface area contributed by atoms with Gasteiger partial charge in [0.05, 0.1) is 5.69 Å². The first kappa shape index (κ1) is 14.0. The summed E-state index contributed by atoms with van der Waals surface area (Å²) in [6, 6.07) is 2.01. The Hall–Kier alpha value is -1.46. The van der Waals surface area contributed by atoms with Crippen molar-refractivity contribution in [2.24, 2.45) is 0 Å². The van der Waals surface area contributed by atoms with E-state index < -0.39 is 0 Å². The normalized spacial score (nSPS) is 10.9. The Morgan fingerprint density at radius 3 is 2.95 bits per heavy atom. The molecule has 0 aromatic carbocycles. The molecule has 0 atom stereocenters. The van der Waals surface area contributed by atoms with Crippen LogP contribution in [0.1, 0.15) is 12.0 Å². The molecule has 4 nitrogen and oxygen atoms in total. The Bertz CT molecular complexity index is 522. The van der Waals surface area contributed by atoms with Crippen LogP contribution >= 0.6 is 11.3 Å². The predicted octanol–water partition coefficient (Wildman–Crippen LogP) is 2.88. The summed E-state index contributed by atoms with van der Waals surface area (Å²) in [7, 11) is 4.18. The average molecular weight is 276 g/mol. The highest BCUT2D eigenvalue weighted by Crippen LogP contribution is 2.26. The van der Waals surface area contributed by atoms with Crippen molar-refractivity contribution < 1.29 is 0 Å². The maximum Gasteiger partial charge on any atom is 0.183 e. The third-order valence-electron chi connectivity index (χ3n) is 2.88. The van der Waals surface area contributed by atoms with Gasteiger partial charge in [0, 0.05) is 29.9 Å². The van der Waals surface area contributed by atoms with Gasteiger partial charge in [-0.25, -0.2) is 4.98 Å². The van der Waals surface area contributed by atoms with Crippen LogP contribution in [0.5, 0.6) is 0 Å². The van der Waals surface area contributed by atoms with E-state index in [1.807, 2.05) is 18.5 Å². The Morgan fingerprint density at radius 2 is 2.21 bits per heavy atom. The summed E-state index contributed by atoms with van der Waals surface area (Å²) in [5, 5.41) is 6.43. The molecular formula is C14H20N4S. The monoisotopic (exact) mass is 276 g/mol. The fourth-order valence-corrected chi connectivity index (χ4v) is 2.54. The Balaban J connectivity index is 1.94. The minimum absolute atomic E-state index is 0.956. The fourth-order valence-electron chi connectivity index (χ4n) is 1.80. The number of aryl methyl sites for hydroxylation is 1. The van der Waals surface area contributed by atoms with Gasteiger partial charge in [0.1, 0.15) is 0 Å². The fraction of sp³-hybridized carbons (Fsp3) is 0.429. The van der Waals surface area contributed by atoms with Gasteiger partial charge in [-0.3, -0.25) is 4.98 Å². The topological polar surface area (TPSA) is 41.1 Å². The molecule has 2 heterocycles. The maximum absolute atomic E-state index is 4.61. The zero-order chi connectivity index (χ0) is 13.7. The first-order valence-corrected chi connectivity index (χ1v) is 7.30. The highest BCUT2D eigenvalue weighted by Gasteiger charge is 2.06. The number of hydrogen-bond acceptors (Lipinski definition) is 5. The van der Waals surface area contributed by atoms with E-state index in [1.54, 1.807) is 11.3 Å². The van der Waals surface area contributed by atoms with Gasteiger partial charge in [-0.05, 0) is 45.6 Å². The van der Waals surface area contributed by atoms with Crippen molar-refractivity contribution in [1.29, 1.82) is 0 Å². The summed E-state index contributed by atoms with van der Waals surface area (Å²) in [5.74, 6) is 0. The van der Waals surface area contributed by atoms with Crippen molar-refractivity contribution in [1.82, 2.24) is 14.9 Å². The number of thiazole rings is 1. The number of hydrogen-bond donors (Lipinski definition) is 1. The number of aromatic nitrogens is 2. The Labute approximate surface area is 118 Å². The second-order valence-corrected chi connectivity index (χ2v) is 5.67. The summed E-state index contributed by atoms with van der Waals surface area (Å²) in [6.45, 7) is 4.13. The van der Waals surface area contributed by atoms with Crippen LogP contribution in [0.25, 0.3) is 11.3 Å². The molecule has 0 aliphatic carbocycles. The minimum atomic E-state index is 0.956. The van der Waals surface area contributed by atoms with Crippen molar-refractivity contribution in [2.75, 3.05) is 32.5 Å². The van der Waals surface area contributed by atoms with E-state index in [9.17, 15) is 0 Å². The molecule has 0 aliphatic rings. The van der Waals surface area contributed by atoms with E-state index in [4.69, 9.17) is 0 Å².